The molecule has 0 saturated carbocycles. The molecule has 0 aliphatic rings. The Morgan fingerprint density at radius 2 is 2.19 bits per heavy atom. The number of aromatic amines is 1. The first-order valence-corrected chi connectivity index (χ1v) is 4.68. The van der Waals surface area contributed by atoms with Gasteiger partial charge in [-0.1, -0.05) is 12.1 Å². The smallest absolute Gasteiger partial charge is 0.309 e. The molecule has 0 amide bonds. The van der Waals surface area contributed by atoms with Gasteiger partial charge in [0.25, 0.3) is 0 Å². The molecular formula is C11H9FN2O2. The van der Waals surface area contributed by atoms with Crippen molar-refractivity contribution < 1.29 is 14.3 Å². The average molecular weight is 220 g/mol. The number of nitrogens with zero attached hydrogens (tertiary/aromatic N) is 1. The van der Waals surface area contributed by atoms with Crippen LogP contribution in [0.4, 0.5) is 4.39 Å². The van der Waals surface area contributed by atoms with E-state index < -0.39 is 5.97 Å². The molecule has 0 aliphatic carbocycles. The number of aliphatic carboxylic acids is 1. The normalized spacial score (nSPS) is 10.3. The van der Waals surface area contributed by atoms with Crippen LogP contribution in [0.1, 0.15) is 5.69 Å². The number of carbonyl (C=O) groups is 1. The number of hydrogen-bond acceptors (Lipinski definition) is 2. The minimum absolute atomic E-state index is 0.151. The lowest BCUT2D eigenvalue weighted by Gasteiger charge is -1.96. The SMILES string of the molecule is O=C(O)Cc1cc(-c2ccccc2F)n[nH]1. The predicted octanol–water partition coefficient (Wildman–Crippen LogP) is 1.84. The molecule has 5 heteroatoms. The third-order valence-corrected chi connectivity index (χ3v) is 2.12. The van der Waals surface area contributed by atoms with Crippen molar-refractivity contribution >= 4 is 5.97 Å². The van der Waals surface area contributed by atoms with E-state index in [9.17, 15) is 9.18 Å². The highest BCUT2D eigenvalue weighted by Crippen LogP contribution is 2.20. The summed E-state index contributed by atoms with van der Waals surface area (Å²) >= 11 is 0. The fraction of sp³-hybridized carbons (Fsp3) is 0.0909. The van der Waals surface area contributed by atoms with Gasteiger partial charge in [0.05, 0.1) is 12.1 Å². The summed E-state index contributed by atoms with van der Waals surface area (Å²) in [6, 6.07) is 7.75. The van der Waals surface area contributed by atoms with Gasteiger partial charge in [-0.25, -0.2) is 4.39 Å². The number of nitrogens with one attached hydrogen (secondary N) is 1. The highest BCUT2D eigenvalue weighted by molar-refractivity contribution is 5.70. The summed E-state index contributed by atoms with van der Waals surface area (Å²) in [6.07, 6.45) is -0.151. The van der Waals surface area contributed by atoms with Gasteiger partial charge in [-0.2, -0.15) is 5.10 Å². The first kappa shape index (κ1) is 10.4. The molecular weight excluding hydrogens is 211 g/mol. The second-order valence-corrected chi connectivity index (χ2v) is 3.33. The van der Waals surface area contributed by atoms with Gasteiger partial charge in [0.15, 0.2) is 0 Å². The van der Waals surface area contributed by atoms with Crippen molar-refractivity contribution in [3.05, 3.63) is 41.8 Å². The number of carboxylic acids is 1. The average Bonchev–Trinajstić information content (AvgIpc) is 2.66. The van der Waals surface area contributed by atoms with Crippen LogP contribution in [0.15, 0.2) is 30.3 Å². The fourth-order valence-electron chi connectivity index (χ4n) is 1.42. The van der Waals surface area contributed by atoms with Crippen molar-refractivity contribution in [2.75, 3.05) is 0 Å². The van der Waals surface area contributed by atoms with Gasteiger partial charge in [-0.05, 0) is 18.2 Å². The molecule has 0 atom stereocenters. The Bertz CT molecular complexity index is 522. The molecule has 2 N–H and O–H groups in total. The van der Waals surface area contributed by atoms with Crippen molar-refractivity contribution in [1.82, 2.24) is 10.2 Å². The zero-order valence-electron chi connectivity index (χ0n) is 8.27. The summed E-state index contributed by atoms with van der Waals surface area (Å²) in [6.45, 7) is 0. The number of halogens is 1. The van der Waals surface area contributed by atoms with E-state index in [1.807, 2.05) is 0 Å². The van der Waals surface area contributed by atoms with Gasteiger partial charge in [-0.3, -0.25) is 9.89 Å². The second kappa shape index (κ2) is 4.14. The zero-order valence-corrected chi connectivity index (χ0v) is 8.27. The Balaban J connectivity index is 2.32. The lowest BCUT2D eigenvalue weighted by Crippen LogP contribution is -1.99. The zero-order chi connectivity index (χ0) is 11.5. The number of hydrogen-bond donors (Lipinski definition) is 2. The molecule has 0 radical (unpaired) electrons. The van der Waals surface area contributed by atoms with Crippen LogP contribution < -0.4 is 0 Å². The fourth-order valence-corrected chi connectivity index (χ4v) is 1.42. The van der Waals surface area contributed by atoms with Crippen molar-refractivity contribution in [1.29, 1.82) is 0 Å². The number of aromatic nitrogens is 2. The third kappa shape index (κ3) is 2.08. The molecule has 0 spiro atoms. The Morgan fingerprint density at radius 3 is 2.88 bits per heavy atom. The van der Waals surface area contributed by atoms with Crippen LogP contribution in [0.2, 0.25) is 0 Å². The highest BCUT2D eigenvalue weighted by atomic mass is 19.1. The van der Waals surface area contributed by atoms with Crippen molar-refractivity contribution in [3.8, 4) is 11.3 Å². The lowest BCUT2D eigenvalue weighted by atomic mass is 10.1. The van der Waals surface area contributed by atoms with E-state index >= 15 is 0 Å². The minimum atomic E-state index is -0.955. The summed E-state index contributed by atoms with van der Waals surface area (Å²) in [5.74, 6) is -1.33. The van der Waals surface area contributed by atoms with Gasteiger partial charge >= 0.3 is 5.97 Å². The van der Waals surface area contributed by atoms with Crippen LogP contribution in [0, 0.1) is 5.82 Å². The van der Waals surface area contributed by atoms with Gasteiger partial charge in [0, 0.05) is 11.3 Å². The van der Waals surface area contributed by atoms with Crippen LogP contribution in [-0.2, 0) is 11.2 Å². The minimum Gasteiger partial charge on any atom is -0.481 e. The molecule has 0 saturated heterocycles. The molecule has 1 aromatic carbocycles. The second-order valence-electron chi connectivity index (χ2n) is 3.33. The predicted molar refractivity (Wildman–Crippen MR) is 55.3 cm³/mol. The van der Waals surface area contributed by atoms with E-state index in [4.69, 9.17) is 5.11 Å². The summed E-state index contributed by atoms with van der Waals surface area (Å²) in [5.41, 5.74) is 1.22. The standard InChI is InChI=1S/C11H9FN2O2/c12-9-4-2-1-3-8(9)10-5-7(13-14-10)6-11(15)16/h1-5H,6H2,(H,13,14)(H,15,16). The quantitative estimate of drug-likeness (QED) is 0.829. The van der Waals surface area contributed by atoms with E-state index in [1.54, 1.807) is 18.2 Å². The number of rotatable bonds is 3. The maximum atomic E-state index is 13.4. The van der Waals surface area contributed by atoms with Crippen LogP contribution in [0.25, 0.3) is 11.3 Å². The molecule has 2 rings (SSSR count). The monoisotopic (exact) mass is 220 g/mol. The van der Waals surface area contributed by atoms with Gasteiger partial charge in [0.1, 0.15) is 5.82 Å². The molecule has 0 aliphatic heterocycles. The van der Waals surface area contributed by atoms with E-state index in [0.717, 1.165) is 0 Å². The van der Waals surface area contributed by atoms with Crippen molar-refractivity contribution in [2.24, 2.45) is 0 Å². The molecule has 1 heterocycles. The lowest BCUT2D eigenvalue weighted by molar-refractivity contribution is -0.136. The molecule has 82 valence electrons. The third-order valence-electron chi connectivity index (χ3n) is 2.12. The Kier molecular flexibility index (Phi) is 2.68. The summed E-state index contributed by atoms with van der Waals surface area (Å²) in [7, 11) is 0. The Morgan fingerprint density at radius 1 is 1.44 bits per heavy atom. The first-order chi connectivity index (χ1) is 7.66. The summed E-state index contributed by atoms with van der Waals surface area (Å²) in [5, 5.41) is 15.0. The molecule has 4 nitrogen and oxygen atoms in total. The topological polar surface area (TPSA) is 66.0 Å². The molecule has 16 heavy (non-hydrogen) atoms. The largest absolute Gasteiger partial charge is 0.481 e. The van der Waals surface area contributed by atoms with Gasteiger partial charge in [-0.15, -0.1) is 0 Å². The molecule has 1 aromatic heterocycles. The Labute approximate surface area is 90.7 Å². The Hall–Kier alpha value is -2.17. The maximum absolute atomic E-state index is 13.4. The molecule has 0 unspecified atom stereocenters. The molecule has 0 bridgehead atoms. The van der Waals surface area contributed by atoms with E-state index in [2.05, 4.69) is 10.2 Å². The van der Waals surface area contributed by atoms with Crippen molar-refractivity contribution in [3.63, 3.8) is 0 Å². The van der Waals surface area contributed by atoms with Gasteiger partial charge < -0.3 is 5.11 Å². The van der Waals surface area contributed by atoms with E-state index in [1.165, 1.54) is 12.1 Å². The van der Waals surface area contributed by atoms with Gasteiger partial charge in [0.2, 0.25) is 0 Å². The van der Waals surface area contributed by atoms with Crippen LogP contribution in [0.3, 0.4) is 0 Å². The first-order valence-electron chi connectivity index (χ1n) is 4.68. The van der Waals surface area contributed by atoms with Crippen LogP contribution in [0.5, 0.6) is 0 Å². The van der Waals surface area contributed by atoms with E-state index in [-0.39, 0.29) is 12.2 Å². The van der Waals surface area contributed by atoms with Crippen LogP contribution in [-0.4, -0.2) is 21.3 Å². The number of H-pyrrole nitrogens is 1. The maximum Gasteiger partial charge on any atom is 0.309 e. The van der Waals surface area contributed by atoms with Crippen molar-refractivity contribution in [2.45, 2.75) is 6.42 Å². The molecule has 0 fully saturated rings. The number of benzene rings is 1. The van der Waals surface area contributed by atoms with Crippen LogP contribution >= 0.6 is 0 Å². The van der Waals surface area contributed by atoms with E-state index in [0.29, 0.717) is 17.0 Å². The summed E-state index contributed by atoms with van der Waals surface area (Å²) < 4.78 is 13.4. The summed E-state index contributed by atoms with van der Waals surface area (Å²) in [4.78, 5) is 10.5. The number of carboxylic acid groups (broad SMARTS) is 1. The highest BCUT2D eigenvalue weighted by Gasteiger charge is 2.09. The molecule has 2 aromatic rings.